The van der Waals surface area contributed by atoms with Crippen LogP contribution in [0, 0.1) is 5.92 Å². The molecule has 5 heteroatoms. The largest absolute Gasteiger partial charge is 0.493 e. The van der Waals surface area contributed by atoms with Gasteiger partial charge < -0.3 is 19.9 Å². The average molecular weight is 316 g/mol. The molecule has 0 spiro atoms. The van der Waals surface area contributed by atoms with Gasteiger partial charge in [0.15, 0.2) is 11.5 Å². The quantitative estimate of drug-likeness (QED) is 0.900. The van der Waals surface area contributed by atoms with Gasteiger partial charge in [-0.3, -0.25) is 0 Å². The third kappa shape index (κ3) is 3.74. The Bertz CT molecular complexity index is 447. The van der Waals surface area contributed by atoms with Crippen molar-refractivity contribution in [3.05, 3.63) is 17.7 Å². The highest BCUT2D eigenvalue weighted by atomic mass is 35.5. The van der Waals surface area contributed by atoms with E-state index in [1.165, 1.54) is 32.1 Å². The molecule has 2 N–H and O–H groups in total. The molecule has 0 amide bonds. The fourth-order valence-corrected chi connectivity index (χ4v) is 3.13. The Morgan fingerprint density at radius 2 is 1.57 bits per heavy atom. The highest BCUT2D eigenvalue weighted by Gasteiger charge is 2.27. The van der Waals surface area contributed by atoms with Crippen LogP contribution in [-0.2, 0) is 0 Å². The highest BCUT2D eigenvalue weighted by Crippen LogP contribution is 2.44. The lowest BCUT2D eigenvalue weighted by molar-refractivity contribution is 0.291. The summed E-state index contributed by atoms with van der Waals surface area (Å²) in [6.45, 7) is 0. The second-order valence-electron chi connectivity index (χ2n) is 5.35. The van der Waals surface area contributed by atoms with Gasteiger partial charge in [-0.05, 0) is 30.9 Å². The minimum atomic E-state index is -0.00921. The fourth-order valence-electron chi connectivity index (χ4n) is 3.13. The SMILES string of the molecule is COc1ccc([C@@H](N)C2CCCCC2)c(OC)c1OC.Cl. The Hall–Kier alpha value is -1.13. The minimum absolute atomic E-state index is 0. The Labute approximate surface area is 133 Å². The van der Waals surface area contributed by atoms with Gasteiger partial charge in [-0.15, -0.1) is 12.4 Å². The highest BCUT2D eigenvalue weighted by molar-refractivity contribution is 5.85. The molecule has 120 valence electrons. The number of methoxy groups -OCH3 is 3. The average Bonchev–Trinajstić information content (AvgIpc) is 2.53. The number of benzene rings is 1. The summed E-state index contributed by atoms with van der Waals surface area (Å²) in [7, 11) is 4.89. The van der Waals surface area contributed by atoms with Gasteiger partial charge >= 0.3 is 0 Å². The Balaban J connectivity index is 0.00000220. The van der Waals surface area contributed by atoms with Crippen molar-refractivity contribution in [1.29, 1.82) is 0 Å². The lowest BCUT2D eigenvalue weighted by Crippen LogP contribution is -2.24. The molecule has 1 aromatic rings. The summed E-state index contributed by atoms with van der Waals surface area (Å²) in [6, 6.07) is 3.89. The first-order chi connectivity index (χ1) is 9.72. The van der Waals surface area contributed by atoms with Crippen molar-refractivity contribution in [2.75, 3.05) is 21.3 Å². The predicted molar refractivity (Wildman–Crippen MR) is 86.8 cm³/mol. The monoisotopic (exact) mass is 315 g/mol. The van der Waals surface area contributed by atoms with Crippen LogP contribution in [0.15, 0.2) is 12.1 Å². The van der Waals surface area contributed by atoms with Crippen molar-refractivity contribution in [1.82, 2.24) is 0 Å². The van der Waals surface area contributed by atoms with Crippen LogP contribution in [-0.4, -0.2) is 21.3 Å². The fraction of sp³-hybridized carbons (Fsp3) is 0.625. The van der Waals surface area contributed by atoms with E-state index in [0.29, 0.717) is 23.2 Å². The van der Waals surface area contributed by atoms with Crippen LogP contribution < -0.4 is 19.9 Å². The van der Waals surface area contributed by atoms with Gasteiger partial charge in [-0.2, -0.15) is 0 Å². The molecule has 0 aliphatic heterocycles. The Kier molecular flexibility index (Phi) is 7.12. The second-order valence-corrected chi connectivity index (χ2v) is 5.35. The first-order valence-corrected chi connectivity index (χ1v) is 7.27. The van der Waals surface area contributed by atoms with Crippen LogP contribution >= 0.6 is 12.4 Å². The van der Waals surface area contributed by atoms with E-state index >= 15 is 0 Å². The molecule has 1 aromatic carbocycles. The molecule has 1 atom stereocenters. The molecule has 0 bridgehead atoms. The molecular weight excluding hydrogens is 290 g/mol. The van der Waals surface area contributed by atoms with E-state index in [9.17, 15) is 0 Å². The second kappa shape index (κ2) is 8.35. The number of ether oxygens (including phenoxy) is 3. The maximum atomic E-state index is 6.48. The maximum Gasteiger partial charge on any atom is 0.203 e. The van der Waals surface area contributed by atoms with Crippen LogP contribution in [0.2, 0.25) is 0 Å². The lowest BCUT2D eigenvalue weighted by atomic mass is 9.81. The van der Waals surface area contributed by atoms with Gasteiger partial charge in [0.2, 0.25) is 5.75 Å². The van der Waals surface area contributed by atoms with Crippen LogP contribution in [0.25, 0.3) is 0 Å². The van der Waals surface area contributed by atoms with Gasteiger partial charge in [-0.1, -0.05) is 19.3 Å². The van der Waals surface area contributed by atoms with Gasteiger partial charge in [0.05, 0.1) is 21.3 Å². The number of hydrogen-bond acceptors (Lipinski definition) is 4. The van der Waals surface area contributed by atoms with Crippen molar-refractivity contribution >= 4 is 12.4 Å². The van der Waals surface area contributed by atoms with E-state index in [4.69, 9.17) is 19.9 Å². The molecule has 0 saturated heterocycles. The smallest absolute Gasteiger partial charge is 0.203 e. The van der Waals surface area contributed by atoms with Gasteiger partial charge in [-0.25, -0.2) is 0 Å². The van der Waals surface area contributed by atoms with Gasteiger partial charge in [0.1, 0.15) is 0 Å². The van der Waals surface area contributed by atoms with Crippen LogP contribution in [0.4, 0.5) is 0 Å². The molecule has 0 heterocycles. The third-order valence-corrected chi connectivity index (χ3v) is 4.25. The van der Waals surface area contributed by atoms with Crippen molar-refractivity contribution in [2.24, 2.45) is 11.7 Å². The minimum Gasteiger partial charge on any atom is -0.493 e. The zero-order valence-electron chi connectivity index (χ0n) is 13.1. The summed E-state index contributed by atoms with van der Waals surface area (Å²) < 4.78 is 16.3. The summed E-state index contributed by atoms with van der Waals surface area (Å²) in [4.78, 5) is 0. The zero-order chi connectivity index (χ0) is 14.5. The summed E-state index contributed by atoms with van der Waals surface area (Å²) >= 11 is 0. The maximum absolute atomic E-state index is 6.48. The molecule has 1 aliphatic rings. The lowest BCUT2D eigenvalue weighted by Gasteiger charge is -2.29. The zero-order valence-corrected chi connectivity index (χ0v) is 13.9. The van der Waals surface area contributed by atoms with E-state index < -0.39 is 0 Å². The van der Waals surface area contributed by atoms with Crippen molar-refractivity contribution in [3.8, 4) is 17.2 Å². The van der Waals surface area contributed by atoms with Gasteiger partial charge in [0.25, 0.3) is 0 Å². The Morgan fingerprint density at radius 3 is 2.10 bits per heavy atom. The van der Waals surface area contributed by atoms with E-state index in [1.807, 2.05) is 12.1 Å². The van der Waals surface area contributed by atoms with Crippen molar-refractivity contribution < 1.29 is 14.2 Å². The number of hydrogen-bond donors (Lipinski definition) is 1. The molecule has 2 rings (SSSR count). The number of rotatable bonds is 5. The molecule has 21 heavy (non-hydrogen) atoms. The molecule has 1 aliphatic carbocycles. The number of halogens is 1. The molecule has 4 nitrogen and oxygen atoms in total. The molecule has 0 radical (unpaired) electrons. The van der Waals surface area contributed by atoms with Crippen LogP contribution in [0.5, 0.6) is 17.2 Å². The third-order valence-electron chi connectivity index (χ3n) is 4.25. The molecule has 0 aromatic heterocycles. The first-order valence-electron chi connectivity index (χ1n) is 7.27. The topological polar surface area (TPSA) is 53.7 Å². The van der Waals surface area contributed by atoms with Crippen molar-refractivity contribution in [2.45, 2.75) is 38.1 Å². The van der Waals surface area contributed by atoms with Crippen molar-refractivity contribution in [3.63, 3.8) is 0 Å². The molecule has 1 fully saturated rings. The first kappa shape index (κ1) is 17.9. The summed E-state index contributed by atoms with van der Waals surface area (Å²) in [5.41, 5.74) is 7.50. The summed E-state index contributed by atoms with van der Waals surface area (Å²) in [6.07, 6.45) is 6.26. The standard InChI is InChI=1S/C16H25NO3.ClH/c1-18-13-10-9-12(15(19-2)16(13)20-3)14(17)11-7-5-4-6-8-11;/h9-11,14H,4-8,17H2,1-3H3;1H/t14-;/m0./s1. The molecule has 1 saturated carbocycles. The summed E-state index contributed by atoms with van der Waals surface area (Å²) in [5.74, 6) is 2.52. The van der Waals surface area contributed by atoms with Crippen LogP contribution in [0.3, 0.4) is 0 Å². The molecular formula is C16H26ClNO3. The molecule has 0 unspecified atom stereocenters. The van der Waals surface area contributed by atoms with E-state index in [2.05, 4.69) is 0 Å². The van der Waals surface area contributed by atoms with E-state index in [0.717, 1.165) is 5.56 Å². The number of nitrogens with two attached hydrogens (primary N) is 1. The predicted octanol–water partition coefficient (Wildman–Crippen LogP) is 3.71. The normalized spacial score (nSPS) is 16.8. The Morgan fingerprint density at radius 1 is 0.952 bits per heavy atom. The van der Waals surface area contributed by atoms with E-state index in [-0.39, 0.29) is 18.4 Å². The van der Waals surface area contributed by atoms with Gasteiger partial charge in [0, 0.05) is 11.6 Å². The van der Waals surface area contributed by atoms with Crippen LogP contribution in [0.1, 0.15) is 43.7 Å². The van der Waals surface area contributed by atoms with E-state index in [1.54, 1.807) is 21.3 Å². The summed E-state index contributed by atoms with van der Waals surface area (Å²) in [5, 5.41) is 0.